The summed E-state index contributed by atoms with van der Waals surface area (Å²) in [5, 5.41) is 11.0. The summed E-state index contributed by atoms with van der Waals surface area (Å²) in [7, 11) is 0. The molecular formula is C20H32O3. The van der Waals surface area contributed by atoms with Gasteiger partial charge in [0, 0.05) is 12.8 Å². The number of hydrogen-bond acceptors (Lipinski definition) is 3. The van der Waals surface area contributed by atoms with Crippen LogP contribution in [-0.4, -0.2) is 28.2 Å². The van der Waals surface area contributed by atoms with Crippen LogP contribution in [-0.2, 0) is 9.53 Å². The predicted molar refractivity (Wildman–Crippen MR) is 91.1 cm³/mol. The van der Waals surface area contributed by atoms with E-state index in [1.165, 1.54) is 0 Å². The van der Waals surface area contributed by atoms with E-state index >= 15 is 0 Å². The molecule has 1 aliphatic heterocycles. The lowest BCUT2D eigenvalue weighted by atomic mass is 9.43. The molecule has 0 spiro atoms. The molecule has 3 rings (SSSR count). The molecule has 3 aliphatic rings. The Morgan fingerprint density at radius 1 is 1.22 bits per heavy atom. The second-order valence-corrected chi connectivity index (χ2v) is 9.60. The zero-order chi connectivity index (χ0) is 17.3. The molecule has 2 saturated carbocycles. The predicted octanol–water partition coefficient (Wildman–Crippen LogP) is 3.89. The Kier molecular flexibility index (Phi) is 3.67. The van der Waals surface area contributed by atoms with E-state index in [0.717, 1.165) is 19.3 Å². The van der Waals surface area contributed by atoms with Gasteiger partial charge in [-0.2, -0.15) is 0 Å². The van der Waals surface area contributed by atoms with Crippen molar-refractivity contribution >= 4 is 5.78 Å². The van der Waals surface area contributed by atoms with Crippen molar-refractivity contribution in [2.75, 3.05) is 0 Å². The number of aliphatic hydroxyl groups excluding tert-OH is 1. The second kappa shape index (κ2) is 4.92. The summed E-state index contributed by atoms with van der Waals surface area (Å²) in [6.07, 6.45) is 5.50. The maximum atomic E-state index is 13.2. The lowest BCUT2D eigenvalue weighted by Gasteiger charge is -2.65. The summed E-state index contributed by atoms with van der Waals surface area (Å²) in [6.45, 7) is 14.6. The maximum Gasteiger partial charge on any atom is 0.142 e. The first kappa shape index (κ1) is 17.2. The first-order valence-corrected chi connectivity index (χ1v) is 9.02. The molecule has 0 aromatic rings. The molecule has 1 N–H and O–H groups in total. The Morgan fingerprint density at radius 3 is 2.48 bits per heavy atom. The molecule has 6 atom stereocenters. The molecule has 3 fully saturated rings. The largest absolute Gasteiger partial charge is 0.393 e. The van der Waals surface area contributed by atoms with Crippen LogP contribution >= 0.6 is 0 Å². The van der Waals surface area contributed by atoms with Crippen LogP contribution in [0, 0.1) is 22.7 Å². The number of Topliss-reactive ketones (excluding diaryl/α,β-unsaturated/α-hetero) is 1. The van der Waals surface area contributed by atoms with E-state index in [9.17, 15) is 9.90 Å². The fourth-order valence-electron chi connectivity index (χ4n) is 6.70. The van der Waals surface area contributed by atoms with Gasteiger partial charge in [0.15, 0.2) is 0 Å². The highest BCUT2D eigenvalue weighted by Crippen LogP contribution is 2.64. The van der Waals surface area contributed by atoms with Crippen molar-refractivity contribution in [3.05, 3.63) is 12.7 Å². The summed E-state index contributed by atoms with van der Waals surface area (Å²) in [5.41, 5.74) is -1.34. The molecule has 130 valence electrons. The molecule has 23 heavy (non-hydrogen) atoms. The fourth-order valence-corrected chi connectivity index (χ4v) is 6.70. The highest BCUT2D eigenvalue weighted by molar-refractivity contribution is 5.85. The lowest BCUT2D eigenvalue weighted by Crippen LogP contribution is -2.69. The van der Waals surface area contributed by atoms with Gasteiger partial charge in [-0.15, -0.1) is 6.58 Å². The number of ether oxygens (including phenoxy) is 1. The van der Waals surface area contributed by atoms with Gasteiger partial charge in [0.2, 0.25) is 0 Å². The van der Waals surface area contributed by atoms with Crippen molar-refractivity contribution < 1.29 is 14.6 Å². The molecule has 0 aromatic heterocycles. The normalized spacial score (nSPS) is 52.4. The van der Waals surface area contributed by atoms with Crippen molar-refractivity contribution in [1.29, 1.82) is 0 Å². The third-order valence-corrected chi connectivity index (χ3v) is 7.10. The van der Waals surface area contributed by atoms with Gasteiger partial charge in [-0.05, 0) is 43.4 Å². The van der Waals surface area contributed by atoms with Crippen LogP contribution in [0.25, 0.3) is 0 Å². The third-order valence-electron chi connectivity index (χ3n) is 7.10. The van der Waals surface area contributed by atoms with E-state index in [4.69, 9.17) is 4.74 Å². The summed E-state index contributed by atoms with van der Waals surface area (Å²) in [4.78, 5) is 13.2. The van der Waals surface area contributed by atoms with Crippen LogP contribution < -0.4 is 0 Å². The number of carbonyl (C=O) groups excluding carboxylic acids is 1. The minimum absolute atomic E-state index is 0.0627. The van der Waals surface area contributed by atoms with Crippen LogP contribution in [0.5, 0.6) is 0 Å². The Bertz CT molecular complexity index is 539. The van der Waals surface area contributed by atoms with E-state index in [-0.39, 0.29) is 22.7 Å². The van der Waals surface area contributed by atoms with Gasteiger partial charge in [-0.3, -0.25) is 4.79 Å². The summed E-state index contributed by atoms with van der Waals surface area (Å²) in [5.74, 6) is 0.316. The van der Waals surface area contributed by atoms with Gasteiger partial charge in [0.25, 0.3) is 0 Å². The van der Waals surface area contributed by atoms with Gasteiger partial charge in [0.05, 0.1) is 23.2 Å². The quantitative estimate of drug-likeness (QED) is 0.746. The monoisotopic (exact) mass is 320 g/mol. The van der Waals surface area contributed by atoms with Crippen molar-refractivity contribution in [2.24, 2.45) is 22.7 Å². The zero-order valence-electron chi connectivity index (χ0n) is 15.3. The molecule has 3 nitrogen and oxygen atoms in total. The van der Waals surface area contributed by atoms with Gasteiger partial charge in [-0.25, -0.2) is 0 Å². The highest BCUT2D eigenvalue weighted by Gasteiger charge is 2.66. The van der Waals surface area contributed by atoms with Gasteiger partial charge in [-0.1, -0.05) is 33.3 Å². The van der Waals surface area contributed by atoms with Crippen molar-refractivity contribution in [1.82, 2.24) is 0 Å². The fraction of sp³-hybridized carbons (Fsp3) is 0.850. The Balaban J connectivity index is 2.08. The molecule has 1 unspecified atom stereocenters. The number of carbonyl (C=O) groups is 1. The van der Waals surface area contributed by atoms with Gasteiger partial charge >= 0.3 is 0 Å². The highest BCUT2D eigenvalue weighted by atomic mass is 16.5. The van der Waals surface area contributed by atoms with Gasteiger partial charge < -0.3 is 9.84 Å². The van der Waals surface area contributed by atoms with Crippen molar-refractivity contribution in [3.8, 4) is 0 Å². The molecule has 1 heterocycles. The van der Waals surface area contributed by atoms with Crippen LogP contribution in [0.15, 0.2) is 12.7 Å². The van der Waals surface area contributed by atoms with Gasteiger partial charge in [0.1, 0.15) is 5.78 Å². The Labute approximate surface area is 140 Å². The number of ketones is 1. The van der Waals surface area contributed by atoms with Crippen LogP contribution in [0.1, 0.15) is 66.7 Å². The van der Waals surface area contributed by atoms with E-state index in [0.29, 0.717) is 18.6 Å². The molecule has 0 bridgehead atoms. The third kappa shape index (κ3) is 2.34. The molecule has 0 aromatic carbocycles. The summed E-state index contributed by atoms with van der Waals surface area (Å²) >= 11 is 0. The second-order valence-electron chi connectivity index (χ2n) is 9.60. The lowest BCUT2D eigenvalue weighted by molar-refractivity contribution is -0.263. The number of rotatable bonds is 1. The van der Waals surface area contributed by atoms with E-state index < -0.39 is 17.3 Å². The Morgan fingerprint density at radius 2 is 1.87 bits per heavy atom. The number of aliphatic hydroxyl groups is 1. The van der Waals surface area contributed by atoms with E-state index in [2.05, 4.69) is 27.4 Å². The number of fused-ring (bicyclic) bond motifs is 3. The summed E-state index contributed by atoms with van der Waals surface area (Å²) < 4.78 is 6.44. The molecule has 1 saturated heterocycles. The molecule has 0 radical (unpaired) electrons. The van der Waals surface area contributed by atoms with Crippen LogP contribution in [0.3, 0.4) is 0 Å². The minimum Gasteiger partial charge on any atom is -0.393 e. The smallest absolute Gasteiger partial charge is 0.142 e. The van der Waals surface area contributed by atoms with Crippen LogP contribution in [0.2, 0.25) is 0 Å². The topological polar surface area (TPSA) is 46.5 Å². The molecule has 3 heteroatoms. The standard InChI is InChI=1S/C20H32O3/c1-7-18(4)11-13(21)16-19(5)10-8-9-17(2,3)15(19)14(22)12-20(16,6)23-18/h7,14-16,22H,1,8-12H2,2-6H3/t14-,15+,16?,18+,19+,20-/m1/s1. The minimum atomic E-state index is -0.616. The zero-order valence-corrected chi connectivity index (χ0v) is 15.3. The average Bonchev–Trinajstić information content (AvgIpc) is 2.34. The summed E-state index contributed by atoms with van der Waals surface area (Å²) in [6, 6.07) is 0. The SMILES string of the molecule is C=C[C@@]1(C)CC(=O)C2[C@@](C)(C[C@@H](O)[C@H]3C(C)(C)CCC[C@]23C)O1. The maximum absolute atomic E-state index is 13.2. The van der Waals surface area contributed by atoms with Crippen LogP contribution in [0.4, 0.5) is 0 Å². The van der Waals surface area contributed by atoms with E-state index in [1.807, 2.05) is 13.8 Å². The Hall–Kier alpha value is -0.670. The average molecular weight is 320 g/mol. The first-order valence-electron chi connectivity index (χ1n) is 9.02. The first-order chi connectivity index (χ1) is 10.5. The molecule has 2 aliphatic carbocycles. The number of hydrogen-bond donors (Lipinski definition) is 1. The van der Waals surface area contributed by atoms with Crippen molar-refractivity contribution in [2.45, 2.75) is 84.0 Å². The molecular weight excluding hydrogens is 288 g/mol. The molecule has 0 amide bonds. The van der Waals surface area contributed by atoms with Crippen molar-refractivity contribution in [3.63, 3.8) is 0 Å². The van der Waals surface area contributed by atoms with E-state index in [1.54, 1.807) is 6.08 Å².